The summed E-state index contributed by atoms with van der Waals surface area (Å²) in [4.78, 5) is 14.3. The molecule has 4 nitrogen and oxygen atoms in total. The fourth-order valence-electron chi connectivity index (χ4n) is 1.71. The lowest BCUT2D eigenvalue weighted by Crippen LogP contribution is -2.12. The monoisotopic (exact) mass is 262 g/mol. The summed E-state index contributed by atoms with van der Waals surface area (Å²) in [6, 6.07) is 8.05. The number of H-pyrrole nitrogens is 1. The van der Waals surface area contributed by atoms with Crippen molar-refractivity contribution in [2.24, 2.45) is 0 Å². The highest BCUT2D eigenvalue weighted by atomic mass is 32.1. The van der Waals surface area contributed by atoms with Gasteiger partial charge in [0.1, 0.15) is 6.54 Å². The third-order valence-electron chi connectivity index (χ3n) is 2.73. The van der Waals surface area contributed by atoms with Crippen molar-refractivity contribution < 1.29 is 9.53 Å². The fraction of sp³-hybridized carbons (Fsp3) is 0.231. The number of aromatic nitrogens is 2. The van der Waals surface area contributed by atoms with E-state index >= 15 is 0 Å². The molecule has 0 spiro atoms. The van der Waals surface area contributed by atoms with Crippen LogP contribution in [-0.4, -0.2) is 22.6 Å². The number of carbonyl (C=O) groups excluding carboxylic acids is 1. The molecule has 1 aromatic heterocycles. The number of aryl methyl sites for hydroxylation is 1. The Bertz CT molecular complexity index is 611. The van der Waals surface area contributed by atoms with Crippen LogP contribution in [-0.2, 0) is 16.1 Å². The molecular weight excluding hydrogens is 248 g/mol. The second kappa shape index (κ2) is 5.18. The van der Waals surface area contributed by atoms with E-state index in [1.807, 2.05) is 31.2 Å². The van der Waals surface area contributed by atoms with Gasteiger partial charge in [-0.1, -0.05) is 29.8 Å². The van der Waals surface area contributed by atoms with Gasteiger partial charge in [-0.2, -0.15) is 0 Å². The second-order valence-electron chi connectivity index (χ2n) is 4.01. The zero-order valence-electron chi connectivity index (χ0n) is 10.3. The van der Waals surface area contributed by atoms with Gasteiger partial charge in [0.25, 0.3) is 0 Å². The molecule has 0 aliphatic carbocycles. The van der Waals surface area contributed by atoms with Gasteiger partial charge in [-0.3, -0.25) is 4.79 Å². The van der Waals surface area contributed by atoms with E-state index in [9.17, 15) is 4.79 Å². The number of methoxy groups -OCH3 is 1. The topological polar surface area (TPSA) is 47.0 Å². The molecule has 0 aliphatic heterocycles. The molecule has 0 fully saturated rings. The van der Waals surface area contributed by atoms with E-state index < -0.39 is 0 Å². The van der Waals surface area contributed by atoms with E-state index in [1.54, 1.807) is 10.8 Å². The van der Waals surface area contributed by atoms with Crippen LogP contribution in [0, 0.1) is 11.7 Å². The number of aromatic amines is 1. The Morgan fingerprint density at radius 2 is 2.06 bits per heavy atom. The molecule has 2 aromatic rings. The average Bonchev–Trinajstić information content (AvgIpc) is 2.72. The molecule has 0 saturated heterocycles. The number of imidazole rings is 1. The molecule has 94 valence electrons. The van der Waals surface area contributed by atoms with Crippen molar-refractivity contribution >= 4 is 18.2 Å². The van der Waals surface area contributed by atoms with Gasteiger partial charge >= 0.3 is 5.97 Å². The maximum atomic E-state index is 11.4. The van der Waals surface area contributed by atoms with Gasteiger partial charge in [0.15, 0.2) is 4.77 Å². The standard InChI is InChI=1S/C13H14N2O2S/c1-9-3-5-10(6-4-9)11-7-14-13(18)15(11)8-12(16)17-2/h3-7H,8H2,1-2H3,(H,14,18). The summed E-state index contributed by atoms with van der Waals surface area (Å²) in [6.07, 6.45) is 1.80. The van der Waals surface area contributed by atoms with Gasteiger partial charge in [0, 0.05) is 6.20 Å². The molecule has 5 heteroatoms. The summed E-state index contributed by atoms with van der Waals surface area (Å²) in [7, 11) is 1.37. The van der Waals surface area contributed by atoms with Crippen LogP contribution < -0.4 is 0 Å². The lowest BCUT2D eigenvalue weighted by atomic mass is 10.1. The number of nitrogens with one attached hydrogen (secondary N) is 1. The maximum absolute atomic E-state index is 11.4. The predicted octanol–water partition coefficient (Wildman–Crippen LogP) is 2.69. The minimum atomic E-state index is -0.320. The summed E-state index contributed by atoms with van der Waals surface area (Å²) in [5, 5.41) is 0. The minimum absolute atomic E-state index is 0.113. The predicted molar refractivity (Wildman–Crippen MR) is 71.8 cm³/mol. The normalized spacial score (nSPS) is 10.3. The summed E-state index contributed by atoms with van der Waals surface area (Å²) in [5.74, 6) is -0.320. The highest BCUT2D eigenvalue weighted by Gasteiger charge is 2.10. The third kappa shape index (κ3) is 2.51. The van der Waals surface area contributed by atoms with Crippen LogP contribution in [0.4, 0.5) is 0 Å². The molecule has 0 saturated carbocycles. The van der Waals surface area contributed by atoms with E-state index in [2.05, 4.69) is 9.72 Å². The Morgan fingerprint density at radius 3 is 2.67 bits per heavy atom. The molecule has 0 bridgehead atoms. The number of hydrogen-bond acceptors (Lipinski definition) is 3. The summed E-state index contributed by atoms with van der Waals surface area (Å²) in [6.45, 7) is 2.14. The Hall–Kier alpha value is -1.88. The SMILES string of the molecule is COC(=O)Cn1c(-c2ccc(C)cc2)c[nH]c1=S. The zero-order chi connectivity index (χ0) is 13.1. The average molecular weight is 262 g/mol. The number of esters is 1. The molecule has 1 N–H and O–H groups in total. The molecular formula is C13H14N2O2S. The first-order chi connectivity index (χ1) is 8.61. The Morgan fingerprint density at radius 1 is 1.39 bits per heavy atom. The van der Waals surface area contributed by atoms with Crippen LogP contribution in [0.15, 0.2) is 30.5 Å². The first kappa shape index (κ1) is 12.6. The molecule has 1 aromatic carbocycles. The van der Waals surface area contributed by atoms with Crippen LogP contribution in [0.2, 0.25) is 0 Å². The van der Waals surface area contributed by atoms with Gasteiger partial charge in [-0.25, -0.2) is 0 Å². The molecule has 0 amide bonds. The van der Waals surface area contributed by atoms with Crippen LogP contribution in [0.25, 0.3) is 11.3 Å². The first-order valence-electron chi connectivity index (χ1n) is 5.54. The largest absolute Gasteiger partial charge is 0.468 e. The Kier molecular flexibility index (Phi) is 3.62. The van der Waals surface area contributed by atoms with Gasteiger partial charge in [-0.05, 0) is 24.7 Å². The number of benzene rings is 1. The van der Waals surface area contributed by atoms with E-state index in [0.717, 1.165) is 11.3 Å². The van der Waals surface area contributed by atoms with Crippen molar-refractivity contribution in [3.05, 3.63) is 40.8 Å². The van der Waals surface area contributed by atoms with Crippen molar-refractivity contribution in [1.29, 1.82) is 0 Å². The molecule has 1 heterocycles. The molecule has 0 aliphatic rings. The number of hydrogen-bond donors (Lipinski definition) is 1. The number of nitrogens with zero attached hydrogens (tertiary/aromatic N) is 1. The van der Waals surface area contributed by atoms with Crippen LogP contribution in [0.3, 0.4) is 0 Å². The summed E-state index contributed by atoms with van der Waals surface area (Å²) < 4.78 is 6.91. The lowest BCUT2D eigenvalue weighted by Gasteiger charge is -2.07. The summed E-state index contributed by atoms with van der Waals surface area (Å²) >= 11 is 5.16. The van der Waals surface area contributed by atoms with Crippen LogP contribution in [0.5, 0.6) is 0 Å². The number of ether oxygens (including phenoxy) is 1. The van der Waals surface area contributed by atoms with Crippen LogP contribution in [0.1, 0.15) is 5.56 Å². The van der Waals surface area contributed by atoms with Crippen molar-refractivity contribution in [1.82, 2.24) is 9.55 Å². The van der Waals surface area contributed by atoms with E-state index in [1.165, 1.54) is 12.7 Å². The van der Waals surface area contributed by atoms with E-state index in [4.69, 9.17) is 12.2 Å². The van der Waals surface area contributed by atoms with E-state index in [-0.39, 0.29) is 12.5 Å². The quantitative estimate of drug-likeness (QED) is 0.683. The Labute approximate surface area is 110 Å². The first-order valence-corrected chi connectivity index (χ1v) is 5.94. The zero-order valence-corrected chi connectivity index (χ0v) is 11.1. The smallest absolute Gasteiger partial charge is 0.325 e. The van der Waals surface area contributed by atoms with Crippen LogP contribution >= 0.6 is 12.2 Å². The van der Waals surface area contributed by atoms with Crippen molar-refractivity contribution in [3.8, 4) is 11.3 Å². The van der Waals surface area contributed by atoms with Crippen molar-refractivity contribution in [3.63, 3.8) is 0 Å². The van der Waals surface area contributed by atoms with Gasteiger partial charge < -0.3 is 14.3 Å². The highest BCUT2D eigenvalue weighted by molar-refractivity contribution is 7.71. The number of rotatable bonds is 3. The highest BCUT2D eigenvalue weighted by Crippen LogP contribution is 2.20. The fourth-order valence-corrected chi connectivity index (χ4v) is 1.93. The Balaban J connectivity index is 2.42. The third-order valence-corrected chi connectivity index (χ3v) is 3.07. The van der Waals surface area contributed by atoms with Crippen molar-refractivity contribution in [2.45, 2.75) is 13.5 Å². The molecule has 2 rings (SSSR count). The molecule has 18 heavy (non-hydrogen) atoms. The number of carbonyl (C=O) groups is 1. The maximum Gasteiger partial charge on any atom is 0.325 e. The van der Waals surface area contributed by atoms with E-state index in [0.29, 0.717) is 4.77 Å². The minimum Gasteiger partial charge on any atom is -0.468 e. The van der Waals surface area contributed by atoms with Gasteiger partial charge in [0.05, 0.1) is 12.8 Å². The molecule has 0 unspecified atom stereocenters. The van der Waals surface area contributed by atoms with Gasteiger partial charge in [0.2, 0.25) is 0 Å². The summed E-state index contributed by atoms with van der Waals surface area (Å²) in [5.41, 5.74) is 3.08. The second-order valence-corrected chi connectivity index (χ2v) is 4.39. The lowest BCUT2D eigenvalue weighted by molar-refractivity contribution is -0.141. The molecule has 0 atom stereocenters. The molecule has 0 radical (unpaired) electrons. The van der Waals surface area contributed by atoms with Gasteiger partial charge in [-0.15, -0.1) is 0 Å². The van der Waals surface area contributed by atoms with Crippen molar-refractivity contribution in [2.75, 3.05) is 7.11 Å².